The summed E-state index contributed by atoms with van der Waals surface area (Å²) in [5, 5.41) is 0. The van der Waals surface area contributed by atoms with Crippen molar-refractivity contribution >= 4 is 0 Å². The van der Waals surface area contributed by atoms with Gasteiger partial charge >= 0.3 is 6.18 Å². The van der Waals surface area contributed by atoms with Gasteiger partial charge in [0.25, 0.3) is 0 Å². The molecule has 0 amide bonds. The van der Waals surface area contributed by atoms with E-state index in [0.29, 0.717) is 5.75 Å². The van der Waals surface area contributed by atoms with Crippen molar-refractivity contribution in [3.8, 4) is 5.75 Å². The molecular formula is C24H24F3NO. The highest BCUT2D eigenvalue weighted by molar-refractivity contribution is 5.51. The number of methoxy groups -OCH3 is 1. The lowest BCUT2D eigenvalue weighted by atomic mass is 9.66. The van der Waals surface area contributed by atoms with Gasteiger partial charge in [-0.15, -0.1) is 0 Å². The lowest BCUT2D eigenvalue weighted by molar-refractivity contribution is -0.149. The molecule has 5 heteroatoms. The number of alkyl halides is 3. The lowest BCUT2D eigenvalue weighted by Gasteiger charge is -2.37. The Morgan fingerprint density at radius 3 is 1.62 bits per heavy atom. The molecule has 2 N–H and O–H groups in total. The molecule has 0 aliphatic rings. The minimum absolute atomic E-state index is 0.195. The fraction of sp³-hybridized carbons (Fsp3) is 0.250. The molecule has 0 bridgehead atoms. The first-order valence-corrected chi connectivity index (χ1v) is 9.46. The highest BCUT2D eigenvalue weighted by Crippen LogP contribution is 2.44. The Morgan fingerprint density at radius 2 is 1.21 bits per heavy atom. The molecule has 0 fully saturated rings. The molecule has 0 spiro atoms. The van der Waals surface area contributed by atoms with Crippen LogP contribution in [0.3, 0.4) is 0 Å². The van der Waals surface area contributed by atoms with E-state index in [4.69, 9.17) is 10.5 Å². The van der Waals surface area contributed by atoms with Gasteiger partial charge in [-0.3, -0.25) is 0 Å². The summed E-state index contributed by atoms with van der Waals surface area (Å²) in [6.07, 6.45) is -4.41. The predicted molar refractivity (Wildman–Crippen MR) is 109 cm³/mol. The van der Waals surface area contributed by atoms with E-state index in [1.165, 1.54) is 0 Å². The highest BCUT2D eigenvalue weighted by Gasteiger charge is 2.41. The second-order valence-electron chi connectivity index (χ2n) is 7.05. The van der Waals surface area contributed by atoms with Crippen molar-refractivity contribution in [2.45, 2.75) is 30.5 Å². The van der Waals surface area contributed by atoms with Crippen molar-refractivity contribution in [1.29, 1.82) is 0 Å². The van der Waals surface area contributed by atoms with Crippen LogP contribution in [0.2, 0.25) is 0 Å². The van der Waals surface area contributed by atoms with Crippen molar-refractivity contribution in [1.82, 2.24) is 0 Å². The fourth-order valence-electron chi connectivity index (χ4n) is 3.79. The van der Waals surface area contributed by atoms with Gasteiger partial charge in [0, 0.05) is 5.41 Å². The smallest absolute Gasteiger partial charge is 0.403 e. The van der Waals surface area contributed by atoms with Crippen molar-refractivity contribution in [2.75, 3.05) is 7.11 Å². The fourth-order valence-corrected chi connectivity index (χ4v) is 3.79. The Bertz CT molecular complexity index is 853. The van der Waals surface area contributed by atoms with E-state index in [2.05, 4.69) is 0 Å². The Balaban J connectivity index is 2.18. The zero-order chi connectivity index (χ0) is 20.9. The van der Waals surface area contributed by atoms with Gasteiger partial charge in [0.15, 0.2) is 0 Å². The molecule has 0 radical (unpaired) electrons. The summed E-state index contributed by atoms with van der Waals surface area (Å²) in [5.41, 5.74) is 7.46. The summed E-state index contributed by atoms with van der Waals surface area (Å²) < 4.78 is 44.8. The molecule has 29 heavy (non-hydrogen) atoms. The van der Waals surface area contributed by atoms with Crippen LogP contribution in [0.15, 0.2) is 84.9 Å². The van der Waals surface area contributed by atoms with E-state index < -0.39 is 17.6 Å². The third-order valence-corrected chi connectivity index (χ3v) is 5.37. The second kappa shape index (κ2) is 8.70. The summed E-state index contributed by atoms with van der Waals surface area (Å²) in [6.45, 7) is 0. The molecule has 0 saturated heterocycles. The van der Waals surface area contributed by atoms with Gasteiger partial charge in [0.2, 0.25) is 0 Å². The third-order valence-electron chi connectivity index (χ3n) is 5.37. The van der Waals surface area contributed by atoms with E-state index in [9.17, 15) is 13.2 Å². The third kappa shape index (κ3) is 4.46. The second-order valence-corrected chi connectivity index (χ2v) is 7.05. The van der Waals surface area contributed by atoms with E-state index in [1.807, 2.05) is 84.9 Å². The normalized spacial score (nSPS) is 13.1. The SMILES string of the molecule is COc1ccc(C(CCC(N)C(F)(F)F)(c2ccccc2)c2ccccc2)cc1. The van der Waals surface area contributed by atoms with Gasteiger partial charge in [-0.1, -0.05) is 72.8 Å². The first-order valence-electron chi connectivity index (χ1n) is 9.46. The van der Waals surface area contributed by atoms with E-state index >= 15 is 0 Å². The first kappa shape index (κ1) is 20.9. The average molecular weight is 399 g/mol. The molecule has 0 aliphatic heterocycles. The molecule has 2 nitrogen and oxygen atoms in total. The summed E-state index contributed by atoms with van der Waals surface area (Å²) in [7, 11) is 1.58. The van der Waals surface area contributed by atoms with Gasteiger partial charge < -0.3 is 10.5 Å². The molecule has 0 aromatic heterocycles. The van der Waals surface area contributed by atoms with Crippen LogP contribution >= 0.6 is 0 Å². The van der Waals surface area contributed by atoms with Gasteiger partial charge in [-0.2, -0.15) is 13.2 Å². The first-order chi connectivity index (χ1) is 13.9. The molecule has 3 aromatic carbocycles. The maximum absolute atomic E-state index is 13.2. The largest absolute Gasteiger partial charge is 0.497 e. The van der Waals surface area contributed by atoms with Crippen LogP contribution in [0.25, 0.3) is 0 Å². The zero-order valence-corrected chi connectivity index (χ0v) is 16.2. The molecule has 3 rings (SSSR count). The van der Waals surface area contributed by atoms with E-state index in [1.54, 1.807) is 7.11 Å². The van der Waals surface area contributed by atoms with Crippen LogP contribution in [-0.4, -0.2) is 19.3 Å². The number of nitrogens with two attached hydrogens (primary N) is 1. The number of hydrogen-bond donors (Lipinski definition) is 1. The molecule has 0 heterocycles. The van der Waals surface area contributed by atoms with E-state index in [0.717, 1.165) is 16.7 Å². The van der Waals surface area contributed by atoms with Crippen molar-refractivity contribution in [2.24, 2.45) is 5.73 Å². The van der Waals surface area contributed by atoms with Crippen LogP contribution < -0.4 is 10.5 Å². The topological polar surface area (TPSA) is 35.2 Å². The number of hydrogen-bond acceptors (Lipinski definition) is 2. The Hall–Kier alpha value is -2.79. The minimum atomic E-state index is -4.43. The number of ether oxygens (including phenoxy) is 1. The van der Waals surface area contributed by atoms with Gasteiger partial charge in [-0.05, 0) is 41.7 Å². The summed E-state index contributed by atoms with van der Waals surface area (Å²) in [6, 6.07) is 24.8. The summed E-state index contributed by atoms with van der Waals surface area (Å²) in [4.78, 5) is 0. The van der Waals surface area contributed by atoms with Crippen LogP contribution in [0.5, 0.6) is 5.75 Å². The highest BCUT2D eigenvalue weighted by atomic mass is 19.4. The van der Waals surface area contributed by atoms with Crippen LogP contribution in [0.1, 0.15) is 29.5 Å². The molecule has 3 aromatic rings. The van der Waals surface area contributed by atoms with Gasteiger partial charge in [-0.25, -0.2) is 0 Å². The molecular weight excluding hydrogens is 375 g/mol. The Labute approximate surface area is 169 Å². The predicted octanol–water partition coefficient (Wildman–Crippen LogP) is 5.70. The van der Waals surface area contributed by atoms with Crippen molar-refractivity contribution < 1.29 is 17.9 Å². The number of halogens is 3. The van der Waals surface area contributed by atoms with Crippen molar-refractivity contribution in [3.63, 3.8) is 0 Å². The average Bonchev–Trinajstić information content (AvgIpc) is 2.75. The quantitative estimate of drug-likeness (QED) is 0.517. The Kier molecular flexibility index (Phi) is 6.28. The van der Waals surface area contributed by atoms with Gasteiger partial charge in [0.05, 0.1) is 7.11 Å². The summed E-state index contributed by atoms with van der Waals surface area (Å²) >= 11 is 0. The maximum atomic E-state index is 13.2. The molecule has 0 saturated carbocycles. The lowest BCUT2D eigenvalue weighted by Crippen LogP contribution is -2.40. The van der Waals surface area contributed by atoms with Crippen LogP contribution in [-0.2, 0) is 5.41 Å². The monoisotopic (exact) mass is 399 g/mol. The van der Waals surface area contributed by atoms with E-state index in [-0.39, 0.29) is 12.8 Å². The Morgan fingerprint density at radius 1 is 0.759 bits per heavy atom. The zero-order valence-electron chi connectivity index (χ0n) is 16.2. The van der Waals surface area contributed by atoms with Crippen molar-refractivity contribution in [3.05, 3.63) is 102 Å². The number of rotatable bonds is 7. The molecule has 0 aliphatic carbocycles. The number of benzene rings is 3. The van der Waals surface area contributed by atoms with Gasteiger partial charge in [0.1, 0.15) is 11.8 Å². The summed E-state index contributed by atoms with van der Waals surface area (Å²) in [5.74, 6) is 0.691. The molecule has 1 unspecified atom stereocenters. The maximum Gasteiger partial charge on any atom is 0.403 e. The van der Waals surface area contributed by atoms with Crippen LogP contribution in [0.4, 0.5) is 13.2 Å². The molecule has 1 atom stereocenters. The van der Waals surface area contributed by atoms with Crippen LogP contribution in [0, 0.1) is 0 Å². The molecule has 152 valence electrons. The minimum Gasteiger partial charge on any atom is -0.497 e. The standard InChI is InChI=1S/C24H24F3NO/c1-29-21-14-12-20(13-15-21)23(18-8-4-2-5-9-18,19-10-6-3-7-11-19)17-16-22(28)24(25,26)27/h2-15,22H,16-17,28H2,1H3.